The minimum atomic E-state index is -0.268. The molecule has 1 N–H and O–H groups in total. The molecule has 0 radical (unpaired) electrons. The molecule has 0 fully saturated rings. The largest absolute Gasteiger partial charge is 0.275 e. The second-order valence-electron chi connectivity index (χ2n) is 3.78. The van der Waals surface area contributed by atoms with Gasteiger partial charge in [-0.1, -0.05) is 0 Å². The third-order valence-corrected chi connectivity index (χ3v) is 2.36. The summed E-state index contributed by atoms with van der Waals surface area (Å²) in [6.07, 6.45) is 6.52. The SMILES string of the molecule is Cc1nn(C)cc1/C=N/NC(=O)c1ccncc1. The van der Waals surface area contributed by atoms with E-state index in [4.69, 9.17) is 0 Å². The third kappa shape index (κ3) is 2.79. The van der Waals surface area contributed by atoms with Gasteiger partial charge in [0.1, 0.15) is 0 Å². The van der Waals surface area contributed by atoms with Crippen LogP contribution in [0.5, 0.6) is 0 Å². The number of carbonyl (C=O) groups excluding carboxylic acids is 1. The van der Waals surface area contributed by atoms with Gasteiger partial charge in [-0.15, -0.1) is 0 Å². The summed E-state index contributed by atoms with van der Waals surface area (Å²) < 4.78 is 1.70. The minimum Gasteiger partial charge on any atom is -0.275 e. The molecule has 0 saturated heterocycles. The second kappa shape index (κ2) is 5.22. The fraction of sp³-hybridized carbons (Fsp3) is 0.167. The maximum Gasteiger partial charge on any atom is 0.271 e. The van der Waals surface area contributed by atoms with Crippen molar-refractivity contribution in [2.24, 2.45) is 12.1 Å². The van der Waals surface area contributed by atoms with Crippen molar-refractivity contribution in [2.75, 3.05) is 0 Å². The Labute approximate surface area is 104 Å². The van der Waals surface area contributed by atoms with Crippen LogP contribution < -0.4 is 5.43 Å². The molecule has 0 aliphatic rings. The van der Waals surface area contributed by atoms with E-state index in [1.54, 1.807) is 35.4 Å². The summed E-state index contributed by atoms with van der Waals surface area (Å²) in [4.78, 5) is 15.5. The molecular formula is C12H13N5O. The van der Waals surface area contributed by atoms with Crippen LogP contribution in [0.3, 0.4) is 0 Å². The zero-order chi connectivity index (χ0) is 13.0. The number of aromatic nitrogens is 3. The molecule has 0 unspecified atom stereocenters. The molecular weight excluding hydrogens is 230 g/mol. The van der Waals surface area contributed by atoms with Crippen LogP contribution in [-0.4, -0.2) is 26.9 Å². The number of rotatable bonds is 3. The molecule has 2 heterocycles. The first kappa shape index (κ1) is 12.0. The summed E-state index contributed by atoms with van der Waals surface area (Å²) in [5, 5.41) is 8.07. The Morgan fingerprint density at radius 2 is 2.17 bits per heavy atom. The van der Waals surface area contributed by atoms with E-state index >= 15 is 0 Å². The van der Waals surface area contributed by atoms with Crippen molar-refractivity contribution in [3.8, 4) is 0 Å². The number of hydrogen-bond donors (Lipinski definition) is 1. The fourth-order valence-corrected chi connectivity index (χ4v) is 1.47. The van der Waals surface area contributed by atoms with Gasteiger partial charge in [0.15, 0.2) is 0 Å². The fourth-order valence-electron chi connectivity index (χ4n) is 1.47. The van der Waals surface area contributed by atoms with E-state index in [2.05, 4.69) is 20.6 Å². The van der Waals surface area contributed by atoms with Crippen molar-refractivity contribution >= 4 is 12.1 Å². The van der Waals surface area contributed by atoms with Gasteiger partial charge < -0.3 is 0 Å². The zero-order valence-electron chi connectivity index (χ0n) is 10.2. The number of hydrazone groups is 1. The van der Waals surface area contributed by atoms with Gasteiger partial charge >= 0.3 is 0 Å². The van der Waals surface area contributed by atoms with Gasteiger partial charge in [0.25, 0.3) is 5.91 Å². The maximum atomic E-state index is 11.7. The molecule has 0 atom stereocenters. The van der Waals surface area contributed by atoms with E-state index in [-0.39, 0.29) is 5.91 Å². The predicted molar refractivity (Wildman–Crippen MR) is 67.2 cm³/mol. The highest BCUT2D eigenvalue weighted by molar-refractivity contribution is 5.94. The number of nitrogens with zero attached hydrogens (tertiary/aromatic N) is 4. The first-order chi connectivity index (χ1) is 8.66. The topological polar surface area (TPSA) is 72.2 Å². The number of amides is 1. The Morgan fingerprint density at radius 3 is 2.78 bits per heavy atom. The lowest BCUT2D eigenvalue weighted by Gasteiger charge is -1.97. The molecule has 2 rings (SSSR count). The first-order valence-corrected chi connectivity index (χ1v) is 5.40. The molecule has 2 aromatic rings. The van der Waals surface area contributed by atoms with E-state index in [0.717, 1.165) is 11.3 Å². The zero-order valence-corrected chi connectivity index (χ0v) is 10.2. The van der Waals surface area contributed by atoms with E-state index in [1.165, 1.54) is 0 Å². The second-order valence-corrected chi connectivity index (χ2v) is 3.78. The molecule has 18 heavy (non-hydrogen) atoms. The Morgan fingerprint density at radius 1 is 1.44 bits per heavy atom. The lowest BCUT2D eigenvalue weighted by molar-refractivity contribution is 0.0955. The van der Waals surface area contributed by atoms with E-state index in [9.17, 15) is 4.79 Å². The van der Waals surface area contributed by atoms with Crippen LogP contribution in [0.1, 0.15) is 21.6 Å². The average molecular weight is 243 g/mol. The van der Waals surface area contributed by atoms with Crippen LogP contribution in [0.2, 0.25) is 0 Å². The van der Waals surface area contributed by atoms with Crippen molar-refractivity contribution in [1.82, 2.24) is 20.2 Å². The van der Waals surface area contributed by atoms with Crippen LogP contribution in [0.4, 0.5) is 0 Å². The van der Waals surface area contributed by atoms with E-state index in [0.29, 0.717) is 5.56 Å². The van der Waals surface area contributed by atoms with E-state index in [1.807, 2.05) is 20.2 Å². The summed E-state index contributed by atoms with van der Waals surface area (Å²) >= 11 is 0. The summed E-state index contributed by atoms with van der Waals surface area (Å²) in [6, 6.07) is 3.25. The Hall–Kier alpha value is -2.50. The number of pyridine rings is 1. The van der Waals surface area contributed by atoms with Crippen molar-refractivity contribution < 1.29 is 4.79 Å². The predicted octanol–water partition coefficient (Wildman–Crippen LogP) is 0.887. The monoisotopic (exact) mass is 243 g/mol. The third-order valence-electron chi connectivity index (χ3n) is 2.36. The molecule has 0 saturated carbocycles. The molecule has 6 heteroatoms. The highest BCUT2D eigenvalue weighted by atomic mass is 16.2. The summed E-state index contributed by atoms with van der Waals surface area (Å²) in [6.45, 7) is 1.88. The molecule has 6 nitrogen and oxygen atoms in total. The average Bonchev–Trinajstić information content (AvgIpc) is 2.69. The quantitative estimate of drug-likeness (QED) is 0.642. The normalized spacial score (nSPS) is 10.8. The van der Waals surface area contributed by atoms with Crippen molar-refractivity contribution in [1.29, 1.82) is 0 Å². The summed E-state index contributed by atoms with van der Waals surface area (Å²) in [5.74, 6) is -0.268. The maximum absolute atomic E-state index is 11.7. The highest BCUT2D eigenvalue weighted by Gasteiger charge is 2.03. The molecule has 2 aromatic heterocycles. The van der Waals surface area contributed by atoms with Crippen LogP contribution in [0.15, 0.2) is 35.8 Å². The van der Waals surface area contributed by atoms with Gasteiger partial charge in [-0.2, -0.15) is 10.2 Å². The highest BCUT2D eigenvalue weighted by Crippen LogP contribution is 2.00. The number of carbonyl (C=O) groups is 1. The molecule has 0 aliphatic carbocycles. The first-order valence-electron chi connectivity index (χ1n) is 5.40. The van der Waals surface area contributed by atoms with Crippen molar-refractivity contribution in [3.05, 3.63) is 47.5 Å². The van der Waals surface area contributed by atoms with Gasteiger partial charge in [0.05, 0.1) is 11.9 Å². The minimum absolute atomic E-state index is 0.268. The van der Waals surface area contributed by atoms with Crippen LogP contribution in [0.25, 0.3) is 0 Å². The Bertz CT molecular complexity index is 573. The molecule has 0 bridgehead atoms. The molecule has 0 spiro atoms. The van der Waals surface area contributed by atoms with Crippen LogP contribution in [-0.2, 0) is 7.05 Å². The van der Waals surface area contributed by atoms with Crippen molar-refractivity contribution in [3.63, 3.8) is 0 Å². The van der Waals surface area contributed by atoms with Gasteiger partial charge in [-0.05, 0) is 19.1 Å². The summed E-state index contributed by atoms with van der Waals surface area (Å²) in [5.41, 5.74) is 4.70. The lowest BCUT2D eigenvalue weighted by atomic mass is 10.2. The number of hydrogen-bond acceptors (Lipinski definition) is 4. The van der Waals surface area contributed by atoms with E-state index < -0.39 is 0 Å². The number of nitrogens with one attached hydrogen (secondary N) is 1. The van der Waals surface area contributed by atoms with Gasteiger partial charge in [0, 0.05) is 36.8 Å². The Balaban J connectivity index is 2.00. The molecule has 92 valence electrons. The van der Waals surface area contributed by atoms with Crippen LogP contribution in [0, 0.1) is 6.92 Å². The molecule has 0 aromatic carbocycles. The lowest BCUT2D eigenvalue weighted by Crippen LogP contribution is -2.17. The summed E-state index contributed by atoms with van der Waals surface area (Å²) in [7, 11) is 1.83. The van der Waals surface area contributed by atoms with Crippen molar-refractivity contribution in [2.45, 2.75) is 6.92 Å². The van der Waals surface area contributed by atoms with Gasteiger partial charge in [-0.3, -0.25) is 14.5 Å². The van der Waals surface area contributed by atoms with Crippen LogP contribution >= 0.6 is 0 Å². The Kier molecular flexibility index (Phi) is 3.47. The molecule has 1 amide bonds. The molecule has 0 aliphatic heterocycles. The van der Waals surface area contributed by atoms with Gasteiger partial charge in [0.2, 0.25) is 0 Å². The smallest absolute Gasteiger partial charge is 0.271 e. The number of aryl methyl sites for hydroxylation is 2. The standard InChI is InChI=1S/C12H13N5O/c1-9-11(8-17(2)16-9)7-14-15-12(18)10-3-5-13-6-4-10/h3-8H,1-2H3,(H,15,18)/b14-7+. The van der Waals surface area contributed by atoms with Gasteiger partial charge in [-0.25, -0.2) is 5.43 Å².